The van der Waals surface area contributed by atoms with Crippen LogP contribution < -0.4 is 10.2 Å². The van der Waals surface area contributed by atoms with Gasteiger partial charge in [0.1, 0.15) is 0 Å². The second-order valence-corrected chi connectivity index (χ2v) is 10.5. The van der Waals surface area contributed by atoms with Crippen molar-refractivity contribution in [1.29, 1.82) is 0 Å². The first-order valence-electron chi connectivity index (χ1n) is 9.63. The van der Waals surface area contributed by atoms with Crippen molar-refractivity contribution in [1.82, 2.24) is 14.5 Å². The first kappa shape index (κ1) is 22.9. The van der Waals surface area contributed by atoms with Gasteiger partial charge in [0.25, 0.3) is 0 Å². The molecule has 0 spiro atoms. The summed E-state index contributed by atoms with van der Waals surface area (Å²) in [7, 11) is -3.51. The van der Waals surface area contributed by atoms with Crippen LogP contribution >= 0.6 is 23.1 Å². The SMILES string of the molecule is CCN(CC)S(=O)(=O)c1ccc(NC(=O)CSc2nnc(N3CCOCC3)s2)cc1. The van der Waals surface area contributed by atoms with E-state index in [9.17, 15) is 13.2 Å². The second kappa shape index (κ2) is 10.5. The van der Waals surface area contributed by atoms with Gasteiger partial charge < -0.3 is 15.0 Å². The number of anilines is 2. The molecule has 1 N–H and O–H groups in total. The third-order valence-corrected chi connectivity index (χ3v) is 8.67. The van der Waals surface area contributed by atoms with Crippen LogP contribution in [0.25, 0.3) is 0 Å². The molecule has 0 aliphatic carbocycles. The number of benzene rings is 1. The Bertz CT molecular complexity index is 939. The molecule has 0 atom stereocenters. The highest BCUT2D eigenvalue weighted by Gasteiger charge is 2.21. The molecule has 0 saturated carbocycles. The van der Waals surface area contributed by atoms with Crippen molar-refractivity contribution < 1.29 is 17.9 Å². The van der Waals surface area contributed by atoms with E-state index in [1.807, 2.05) is 0 Å². The summed E-state index contributed by atoms with van der Waals surface area (Å²) in [5, 5.41) is 11.9. The van der Waals surface area contributed by atoms with Crippen LogP contribution in [0.2, 0.25) is 0 Å². The molecular formula is C18H25N5O4S3. The number of hydrogen-bond acceptors (Lipinski definition) is 9. The Labute approximate surface area is 184 Å². The van der Waals surface area contributed by atoms with Crippen LogP contribution in [0.4, 0.5) is 10.8 Å². The predicted octanol–water partition coefficient (Wildman–Crippen LogP) is 2.14. The summed E-state index contributed by atoms with van der Waals surface area (Å²) in [5.74, 6) is -0.000447. The number of rotatable bonds is 9. The van der Waals surface area contributed by atoms with Gasteiger partial charge in [-0.3, -0.25) is 4.79 Å². The maximum absolute atomic E-state index is 12.5. The molecule has 30 heavy (non-hydrogen) atoms. The van der Waals surface area contributed by atoms with Gasteiger partial charge in [0.05, 0.1) is 23.9 Å². The fraction of sp³-hybridized carbons (Fsp3) is 0.500. The minimum Gasteiger partial charge on any atom is -0.378 e. The maximum Gasteiger partial charge on any atom is 0.243 e. The largest absolute Gasteiger partial charge is 0.378 e. The summed E-state index contributed by atoms with van der Waals surface area (Å²) in [6.07, 6.45) is 0. The lowest BCUT2D eigenvalue weighted by Gasteiger charge is -2.25. The van der Waals surface area contributed by atoms with Gasteiger partial charge >= 0.3 is 0 Å². The fourth-order valence-corrected chi connectivity index (χ4v) is 6.04. The molecule has 1 amide bonds. The van der Waals surface area contributed by atoms with Crippen molar-refractivity contribution in [3.8, 4) is 0 Å². The van der Waals surface area contributed by atoms with Gasteiger partial charge in [-0.05, 0) is 24.3 Å². The van der Waals surface area contributed by atoms with Crippen LogP contribution in [0.15, 0.2) is 33.5 Å². The molecule has 0 radical (unpaired) electrons. The molecule has 1 aromatic carbocycles. The Balaban J connectivity index is 1.52. The molecule has 0 bridgehead atoms. The number of thioether (sulfide) groups is 1. The Morgan fingerprint density at radius 2 is 1.87 bits per heavy atom. The van der Waals surface area contributed by atoms with Crippen molar-refractivity contribution >= 4 is 49.8 Å². The monoisotopic (exact) mass is 471 g/mol. The summed E-state index contributed by atoms with van der Waals surface area (Å²) in [6.45, 7) is 7.36. The standard InChI is InChI=1S/C18H25N5O4S3/c1-3-23(4-2)30(25,26)15-7-5-14(6-8-15)19-16(24)13-28-18-21-20-17(29-18)22-9-11-27-12-10-22/h5-8H,3-4,9-13H2,1-2H3,(H,19,24). The van der Waals surface area contributed by atoms with Crippen LogP contribution in [0.5, 0.6) is 0 Å². The molecule has 2 heterocycles. The average Bonchev–Trinajstić information content (AvgIpc) is 3.23. The predicted molar refractivity (Wildman–Crippen MR) is 119 cm³/mol. The third-order valence-electron chi connectivity index (χ3n) is 4.49. The quantitative estimate of drug-likeness (QED) is 0.555. The first-order valence-corrected chi connectivity index (χ1v) is 12.9. The molecule has 12 heteroatoms. The molecule has 164 valence electrons. The van der Waals surface area contributed by atoms with Crippen molar-refractivity contribution in [2.24, 2.45) is 0 Å². The van der Waals surface area contributed by atoms with Gasteiger partial charge in [-0.15, -0.1) is 10.2 Å². The maximum atomic E-state index is 12.5. The van der Waals surface area contributed by atoms with E-state index < -0.39 is 10.0 Å². The van der Waals surface area contributed by atoms with E-state index >= 15 is 0 Å². The Kier molecular flexibility index (Phi) is 8.06. The number of carbonyl (C=O) groups is 1. The van der Waals surface area contributed by atoms with Crippen LogP contribution in [0.3, 0.4) is 0 Å². The molecular weight excluding hydrogens is 446 g/mol. The first-order chi connectivity index (χ1) is 14.4. The lowest BCUT2D eigenvalue weighted by atomic mass is 10.3. The molecule has 1 saturated heterocycles. The zero-order chi connectivity index (χ0) is 21.6. The molecule has 1 aliphatic heterocycles. The molecule has 1 aromatic heterocycles. The third kappa shape index (κ3) is 5.70. The average molecular weight is 472 g/mol. The summed E-state index contributed by atoms with van der Waals surface area (Å²) >= 11 is 2.78. The Morgan fingerprint density at radius 3 is 2.50 bits per heavy atom. The number of sulfonamides is 1. The molecule has 0 unspecified atom stereocenters. The summed E-state index contributed by atoms with van der Waals surface area (Å²) in [5.41, 5.74) is 0.547. The van der Waals surface area contributed by atoms with Gasteiger partial charge in [-0.2, -0.15) is 4.31 Å². The number of amides is 1. The molecule has 9 nitrogen and oxygen atoms in total. The zero-order valence-electron chi connectivity index (χ0n) is 16.9. The Hall–Kier alpha value is -1.73. The van der Waals surface area contributed by atoms with E-state index in [1.165, 1.54) is 39.5 Å². The number of carbonyl (C=O) groups excluding carboxylic acids is 1. The van der Waals surface area contributed by atoms with Crippen LogP contribution in [-0.4, -0.2) is 74.0 Å². The van der Waals surface area contributed by atoms with Gasteiger partial charge in [0.15, 0.2) is 4.34 Å². The van der Waals surface area contributed by atoms with Gasteiger partial charge in [-0.1, -0.05) is 36.9 Å². The van der Waals surface area contributed by atoms with E-state index in [0.717, 1.165) is 22.6 Å². The van der Waals surface area contributed by atoms with Crippen LogP contribution in [-0.2, 0) is 19.6 Å². The topological polar surface area (TPSA) is 105 Å². The minimum absolute atomic E-state index is 0.192. The number of hydrogen-bond donors (Lipinski definition) is 1. The lowest BCUT2D eigenvalue weighted by Crippen LogP contribution is -2.36. The summed E-state index contributed by atoms with van der Waals surface area (Å²) in [6, 6.07) is 6.21. The summed E-state index contributed by atoms with van der Waals surface area (Å²) in [4.78, 5) is 14.6. The van der Waals surface area contributed by atoms with Crippen molar-refractivity contribution in [3.63, 3.8) is 0 Å². The molecule has 1 aliphatic rings. The highest BCUT2D eigenvalue weighted by molar-refractivity contribution is 8.01. The zero-order valence-corrected chi connectivity index (χ0v) is 19.4. The minimum atomic E-state index is -3.51. The van der Waals surface area contributed by atoms with Crippen molar-refractivity contribution in [3.05, 3.63) is 24.3 Å². The lowest BCUT2D eigenvalue weighted by molar-refractivity contribution is -0.113. The fourth-order valence-electron chi connectivity index (χ4n) is 2.89. The second-order valence-electron chi connectivity index (χ2n) is 6.40. The number of ether oxygens (including phenoxy) is 1. The normalized spacial score (nSPS) is 14.8. The summed E-state index contributed by atoms with van der Waals surface area (Å²) < 4.78 is 32.5. The highest BCUT2D eigenvalue weighted by Crippen LogP contribution is 2.28. The smallest absolute Gasteiger partial charge is 0.243 e. The number of nitrogens with zero attached hydrogens (tertiary/aromatic N) is 4. The Morgan fingerprint density at radius 1 is 1.20 bits per heavy atom. The van der Waals surface area contributed by atoms with Gasteiger partial charge in [-0.25, -0.2) is 8.42 Å². The van der Waals surface area contributed by atoms with Crippen LogP contribution in [0.1, 0.15) is 13.8 Å². The molecule has 3 rings (SSSR count). The van der Waals surface area contributed by atoms with Crippen molar-refractivity contribution in [2.75, 3.05) is 55.4 Å². The molecule has 1 fully saturated rings. The van der Waals surface area contributed by atoms with E-state index in [-0.39, 0.29) is 16.6 Å². The molecule has 2 aromatic rings. The van der Waals surface area contributed by atoms with E-state index in [4.69, 9.17) is 4.74 Å². The highest BCUT2D eigenvalue weighted by atomic mass is 32.2. The number of morpholine rings is 1. The van der Waals surface area contributed by atoms with Gasteiger partial charge in [0, 0.05) is 31.9 Å². The van der Waals surface area contributed by atoms with E-state index in [2.05, 4.69) is 20.4 Å². The number of nitrogens with one attached hydrogen (secondary N) is 1. The van der Waals surface area contributed by atoms with E-state index in [0.29, 0.717) is 32.0 Å². The van der Waals surface area contributed by atoms with Crippen LogP contribution in [0, 0.1) is 0 Å². The van der Waals surface area contributed by atoms with Crippen molar-refractivity contribution in [2.45, 2.75) is 23.1 Å². The van der Waals surface area contributed by atoms with E-state index in [1.54, 1.807) is 26.0 Å². The van der Waals surface area contributed by atoms with Gasteiger partial charge in [0.2, 0.25) is 21.1 Å². The number of aromatic nitrogens is 2.